The van der Waals surface area contributed by atoms with Crippen LogP contribution in [-0.4, -0.2) is 24.5 Å². The summed E-state index contributed by atoms with van der Waals surface area (Å²) in [6.07, 6.45) is 0. The predicted molar refractivity (Wildman–Crippen MR) is 245 cm³/mol. The normalized spacial score (nSPS) is 13.0. The Labute approximate surface area is 340 Å². The van der Waals surface area contributed by atoms with Crippen molar-refractivity contribution in [1.82, 2.24) is 9.97 Å². The SMILES string of the molecule is CC(C)(C)c1ccc(-c2cc(-c3ccc(C(C)(C)C)cc3)cc(-c3nc(-c4cc(C(C)(C)C)cc5c4[nH]c4ccc(C(C)(C)C)cc45)cc4[se]ccc34)c2)cc1. The first-order valence-corrected chi connectivity index (χ1v) is 21.9. The molecule has 1 N–H and O–H groups in total. The zero-order valence-corrected chi connectivity index (χ0v) is 37.0. The van der Waals surface area contributed by atoms with Crippen LogP contribution in [0.3, 0.4) is 0 Å². The summed E-state index contributed by atoms with van der Waals surface area (Å²) in [5.74, 6) is 0. The van der Waals surface area contributed by atoms with Crippen molar-refractivity contribution in [3.05, 3.63) is 136 Å². The van der Waals surface area contributed by atoms with Crippen LogP contribution in [0.4, 0.5) is 0 Å². The number of aromatic amines is 1. The molecule has 2 nitrogen and oxygen atoms in total. The van der Waals surface area contributed by atoms with E-state index in [0.717, 1.165) is 22.5 Å². The second-order valence-corrected chi connectivity index (χ2v) is 22.0. The van der Waals surface area contributed by atoms with E-state index in [-0.39, 0.29) is 36.2 Å². The zero-order valence-electron chi connectivity index (χ0n) is 35.3. The first kappa shape index (κ1) is 38.2. The average Bonchev–Trinajstić information content (AvgIpc) is 3.77. The van der Waals surface area contributed by atoms with Gasteiger partial charge in [0.05, 0.1) is 0 Å². The van der Waals surface area contributed by atoms with Crippen molar-refractivity contribution >= 4 is 46.0 Å². The average molecular weight is 800 g/mol. The molecule has 0 saturated heterocycles. The van der Waals surface area contributed by atoms with Crippen molar-refractivity contribution in [2.75, 3.05) is 0 Å². The van der Waals surface area contributed by atoms with E-state index in [1.807, 2.05) is 0 Å². The van der Waals surface area contributed by atoms with Gasteiger partial charge in [0.1, 0.15) is 0 Å². The molecule has 0 saturated carbocycles. The van der Waals surface area contributed by atoms with E-state index in [0.29, 0.717) is 0 Å². The van der Waals surface area contributed by atoms with Crippen molar-refractivity contribution in [2.45, 2.75) is 105 Å². The summed E-state index contributed by atoms with van der Waals surface area (Å²) in [7, 11) is 0. The first-order valence-electron chi connectivity index (χ1n) is 20.1. The third kappa shape index (κ3) is 7.21. The summed E-state index contributed by atoms with van der Waals surface area (Å²) in [6.45, 7) is 27.5. The van der Waals surface area contributed by atoms with Gasteiger partial charge in [0.25, 0.3) is 0 Å². The van der Waals surface area contributed by atoms with Gasteiger partial charge in [-0.3, -0.25) is 0 Å². The van der Waals surface area contributed by atoms with Gasteiger partial charge in [-0.2, -0.15) is 0 Å². The number of hydrogen-bond donors (Lipinski definition) is 1. The molecule has 0 amide bonds. The van der Waals surface area contributed by atoms with Crippen LogP contribution in [0.25, 0.3) is 76.2 Å². The number of rotatable bonds is 4. The van der Waals surface area contributed by atoms with Gasteiger partial charge >= 0.3 is 342 Å². The van der Waals surface area contributed by atoms with Crippen molar-refractivity contribution < 1.29 is 0 Å². The van der Waals surface area contributed by atoms with E-state index in [9.17, 15) is 0 Å². The molecule has 0 aliphatic carbocycles. The molecule has 0 atom stereocenters. The maximum absolute atomic E-state index is 5.69. The van der Waals surface area contributed by atoms with Gasteiger partial charge in [-0.1, -0.05) is 0 Å². The van der Waals surface area contributed by atoms with Crippen molar-refractivity contribution in [3.8, 4) is 44.8 Å². The van der Waals surface area contributed by atoms with Gasteiger partial charge in [-0.25, -0.2) is 0 Å². The molecule has 3 aromatic heterocycles. The Balaban J connectivity index is 1.37. The van der Waals surface area contributed by atoms with Crippen molar-refractivity contribution in [1.29, 1.82) is 0 Å². The molecule has 0 spiro atoms. The van der Waals surface area contributed by atoms with Crippen LogP contribution in [0.15, 0.2) is 114 Å². The van der Waals surface area contributed by atoms with Crippen LogP contribution in [0.2, 0.25) is 0 Å². The Bertz CT molecular complexity index is 2670. The van der Waals surface area contributed by atoms with Crippen molar-refractivity contribution in [3.63, 3.8) is 0 Å². The zero-order chi connectivity index (χ0) is 39.9. The fraction of sp³-hybridized carbons (Fsp3) is 0.302. The molecular weight excluding hydrogens is 744 g/mol. The summed E-state index contributed by atoms with van der Waals surface area (Å²) in [4.78, 5) is 11.9. The fourth-order valence-corrected chi connectivity index (χ4v) is 9.57. The topological polar surface area (TPSA) is 28.7 Å². The summed E-state index contributed by atoms with van der Waals surface area (Å²) in [5, 5.41) is 3.79. The molecule has 3 heteroatoms. The molecule has 0 fully saturated rings. The Kier molecular flexibility index (Phi) is 9.18. The summed E-state index contributed by atoms with van der Waals surface area (Å²) >= 11 is 0.233. The van der Waals surface area contributed by atoms with Gasteiger partial charge in [-0.05, 0) is 0 Å². The van der Waals surface area contributed by atoms with E-state index in [4.69, 9.17) is 4.98 Å². The Morgan fingerprint density at radius 3 is 1.46 bits per heavy atom. The second kappa shape index (κ2) is 13.5. The number of benzene rings is 5. The molecule has 56 heavy (non-hydrogen) atoms. The van der Waals surface area contributed by atoms with Crippen LogP contribution >= 0.6 is 0 Å². The van der Waals surface area contributed by atoms with Crippen LogP contribution in [0.5, 0.6) is 0 Å². The molecule has 5 aromatic carbocycles. The maximum atomic E-state index is 5.69. The molecule has 0 aliphatic rings. The van der Waals surface area contributed by atoms with Crippen molar-refractivity contribution in [2.24, 2.45) is 0 Å². The Morgan fingerprint density at radius 1 is 0.429 bits per heavy atom. The second-order valence-electron chi connectivity index (χ2n) is 20.0. The predicted octanol–water partition coefficient (Wildman–Crippen LogP) is 14.8. The van der Waals surface area contributed by atoms with Gasteiger partial charge in [0.15, 0.2) is 0 Å². The molecule has 0 aliphatic heterocycles. The van der Waals surface area contributed by atoms with E-state index in [2.05, 4.69) is 202 Å². The minimum absolute atomic E-state index is 0.0342. The summed E-state index contributed by atoms with van der Waals surface area (Å²) < 4.78 is 1.38. The van der Waals surface area contributed by atoms with Crippen LogP contribution in [-0.2, 0) is 21.7 Å². The molecule has 284 valence electrons. The van der Waals surface area contributed by atoms with E-state index in [1.165, 1.54) is 76.0 Å². The van der Waals surface area contributed by atoms with Gasteiger partial charge in [-0.15, -0.1) is 0 Å². The Hall–Kier alpha value is -4.69. The molecule has 3 heterocycles. The number of H-pyrrole nitrogens is 1. The number of nitrogens with zero attached hydrogens (tertiary/aromatic N) is 1. The third-order valence-corrected chi connectivity index (χ3v) is 13.4. The monoisotopic (exact) mass is 800 g/mol. The molecular formula is C53H56N2Se. The molecule has 0 unspecified atom stereocenters. The quantitative estimate of drug-likeness (QED) is 0.177. The van der Waals surface area contributed by atoms with Gasteiger partial charge in [0, 0.05) is 0 Å². The number of hydrogen-bond acceptors (Lipinski definition) is 1. The van der Waals surface area contributed by atoms with Crippen LogP contribution in [0.1, 0.15) is 105 Å². The van der Waals surface area contributed by atoms with Crippen LogP contribution in [0, 0.1) is 0 Å². The number of pyridine rings is 1. The Morgan fingerprint density at radius 2 is 0.929 bits per heavy atom. The summed E-state index contributed by atoms with van der Waals surface area (Å²) in [6, 6.07) is 41.8. The van der Waals surface area contributed by atoms with Crippen LogP contribution < -0.4 is 0 Å². The standard InChI is InChI=1S/C53H56N2Se/c1-50(2,3)37-17-13-32(14-18-37)34-25-35(33-15-19-38(20-16-33)51(4,5)6)27-36(26-34)48-41-23-24-56-47(41)31-46(55-48)44-30-40(53(10,11)12)29-43-42-28-39(52(7,8)9)21-22-45(42)54-49(43)44/h13-31,54H,1-12H3. The molecule has 0 bridgehead atoms. The third-order valence-electron chi connectivity index (χ3n) is 11.5. The minimum atomic E-state index is -0.0342. The van der Waals surface area contributed by atoms with E-state index >= 15 is 0 Å². The fourth-order valence-electron chi connectivity index (χ4n) is 7.85. The number of fused-ring (bicyclic) bond motifs is 4. The summed E-state index contributed by atoms with van der Waals surface area (Å²) in [5.41, 5.74) is 17.1. The van der Waals surface area contributed by atoms with Gasteiger partial charge in [0.2, 0.25) is 0 Å². The molecule has 8 aromatic rings. The first-order chi connectivity index (χ1) is 26.2. The van der Waals surface area contributed by atoms with E-state index < -0.39 is 0 Å². The number of nitrogens with one attached hydrogen (secondary N) is 1. The number of aromatic nitrogens is 2. The molecule has 0 radical (unpaired) electrons. The van der Waals surface area contributed by atoms with E-state index in [1.54, 1.807) is 0 Å². The van der Waals surface area contributed by atoms with Gasteiger partial charge < -0.3 is 0 Å². The molecule has 8 rings (SSSR count).